The molecule has 0 unspecified atom stereocenters. The van der Waals surface area contributed by atoms with E-state index in [4.69, 9.17) is 4.74 Å². The Labute approximate surface area is 139 Å². The van der Waals surface area contributed by atoms with E-state index in [1.807, 2.05) is 11.0 Å². The summed E-state index contributed by atoms with van der Waals surface area (Å²) in [5, 5.41) is 0. The van der Waals surface area contributed by atoms with Crippen LogP contribution in [0, 0.1) is 5.92 Å². The zero-order valence-electron chi connectivity index (χ0n) is 13.8. The van der Waals surface area contributed by atoms with Gasteiger partial charge in [0.05, 0.1) is 12.7 Å². The Morgan fingerprint density at radius 2 is 1.91 bits per heavy atom. The average molecular weight is 313 g/mol. The van der Waals surface area contributed by atoms with Gasteiger partial charge in [0, 0.05) is 19.5 Å². The summed E-state index contributed by atoms with van der Waals surface area (Å²) in [6, 6.07) is 10.5. The summed E-state index contributed by atoms with van der Waals surface area (Å²) in [5.41, 5.74) is 1.32. The van der Waals surface area contributed by atoms with Crippen molar-refractivity contribution in [1.29, 1.82) is 0 Å². The monoisotopic (exact) mass is 313 g/mol. The molecule has 23 heavy (non-hydrogen) atoms. The molecule has 1 aromatic rings. The van der Waals surface area contributed by atoms with Gasteiger partial charge in [-0.1, -0.05) is 42.5 Å². The second kappa shape index (κ2) is 8.30. The molecule has 0 N–H and O–H groups in total. The van der Waals surface area contributed by atoms with E-state index >= 15 is 0 Å². The number of hydrogen-bond donors (Lipinski definition) is 0. The molecule has 3 heteroatoms. The van der Waals surface area contributed by atoms with Crippen molar-refractivity contribution in [3.63, 3.8) is 0 Å². The lowest BCUT2D eigenvalue weighted by Gasteiger charge is -2.32. The summed E-state index contributed by atoms with van der Waals surface area (Å²) in [6.45, 7) is 2.48. The molecule has 1 fully saturated rings. The van der Waals surface area contributed by atoms with E-state index < -0.39 is 0 Å². The van der Waals surface area contributed by atoms with E-state index in [0.29, 0.717) is 24.3 Å². The number of piperidine rings is 1. The van der Waals surface area contributed by atoms with Crippen LogP contribution >= 0.6 is 0 Å². The van der Waals surface area contributed by atoms with Crippen LogP contribution < -0.4 is 0 Å². The molecule has 0 spiro atoms. The molecule has 2 aliphatic rings. The number of carbonyl (C=O) groups is 1. The fourth-order valence-corrected chi connectivity index (χ4v) is 3.48. The van der Waals surface area contributed by atoms with E-state index in [0.717, 1.165) is 51.8 Å². The van der Waals surface area contributed by atoms with Gasteiger partial charge >= 0.3 is 0 Å². The summed E-state index contributed by atoms with van der Waals surface area (Å²) in [5.74, 6) is 0.798. The summed E-state index contributed by atoms with van der Waals surface area (Å²) >= 11 is 0. The molecule has 1 saturated heterocycles. The highest BCUT2D eigenvalue weighted by molar-refractivity contribution is 5.76. The van der Waals surface area contributed by atoms with Crippen LogP contribution in [0.1, 0.15) is 37.7 Å². The highest BCUT2D eigenvalue weighted by Gasteiger charge is 2.24. The Kier molecular flexibility index (Phi) is 5.87. The Balaban J connectivity index is 1.33. The third-order valence-electron chi connectivity index (χ3n) is 4.93. The molecule has 3 nitrogen and oxygen atoms in total. The third kappa shape index (κ3) is 4.93. The molecule has 0 radical (unpaired) electrons. The predicted molar refractivity (Wildman–Crippen MR) is 92.2 cm³/mol. The number of nitrogens with zero attached hydrogens (tertiary/aromatic N) is 1. The Bertz CT molecular complexity index is 518. The van der Waals surface area contributed by atoms with Gasteiger partial charge in [-0.3, -0.25) is 4.79 Å². The van der Waals surface area contributed by atoms with Gasteiger partial charge in [0.1, 0.15) is 0 Å². The van der Waals surface area contributed by atoms with Crippen LogP contribution in [0.25, 0.3) is 0 Å². The lowest BCUT2D eigenvalue weighted by molar-refractivity contribution is -0.134. The first kappa shape index (κ1) is 16.3. The van der Waals surface area contributed by atoms with Crippen molar-refractivity contribution in [1.82, 2.24) is 4.90 Å². The zero-order valence-corrected chi connectivity index (χ0v) is 13.8. The molecule has 0 bridgehead atoms. The number of carbonyl (C=O) groups excluding carboxylic acids is 1. The second-order valence-corrected chi connectivity index (χ2v) is 6.66. The van der Waals surface area contributed by atoms with Gasteiger partial charge in [0.15, 0.2) is 0 Å². The van der Waals surface area contributed by atoms with Crippen molar-refractivity contribution in [2.75, 3.05) is 19.7 Å². The van der Waals surface area contributed by atoms with Crippen molar-refractivity contribution in [3.05, 3.63) is 48.0 Å². The van der Waals surface area contributed by atoms with E-state index in [9.17, 15) is 4.79 Å². The van der Waals surface area contributed by atoms with Crippen LogP contribution in [0.3, 0.4) is 0 Å². The Morgan fingerprint density at radius 1 is 1.13 bits per heavy atom. The number of benzene rings is 1. The number of rotatable bonds is 6. The van der Waals surface area contributed by atoms with Crippen molar-refractivity contribution in [2.24, 2.45) is 5.92 Å². The molecule has 0 aromatic heterocycles. The van der Waals surface area contributed by atoms with E-state index in [-0.39, 0.29) is 0 Å². The Morgan fingerprint density at radius 3 is 2.61 bits per heavy atom. The summed E-state index contributed by atoms with van der Waals surface area (Å²) < 4.78 is 6.00. The van der Waals surface area contributed by atoms with Crippen LogP contribution in [0.5, 0.6) is 0 Å². The molecule has 1 atom stereocenters. The molecule has 1 aliphatic heterocycles. The highest BCUT2D eigenvalue weighted by atomic mass is 16.5. The molecule has 1 aliphatic carbocycles. The molecular weight excluding hydrogens is 286 g/mol. The zero-order chi connectivity index (χ0) is 15.9. The fourth-order valence-electron chi connectivity index (χ4n) is 3.48. The van der Waals surface area contributed by atoms with Gasteiger partial charge in [-0.25, -0.2) is 0 Å². The number of likely N-dealkylation sites (tertiary alicyclic amines) is 1. The van der Waals surface area contributed by atoms with E-state index in [1.165, 1.54) is 5.56 Å². The molecular formula is C20H27NO2. The molecule has 3 rings (SSSR count). The molecule has 1 heterocycles. The maximum atomic E-state index is 12.3. The SMILES string of the molecule is O=C(C[C@H]1C=CCC1)N1CCC(OCCc2ccccc2)CC1. The minimum absolute atomic E-state index is 0.314. The highest BCUT2D eigenvalue weighted by Crippen LogP contribution is 2.23. The van der Waals surface area contributed by atoms with Gasteiger partial charge < -0.3 is 9.64 Å². The number of ether oxygens (including phenoxy) is 1. The fraction of sp³-hybridized carbons (Fsp3) is 0.550. The van der Waals surface area contributed by atoms with Crippen LogP contribution in [0.2, 0.25) is 0 Å². The first-order valence-corrected chi connectivity index (χ1v) is 8.91. The van der Waals surface area contributed by atoms with Crippen molar-refractivity contribution in [3.8, 4) is 0 Å². The van der Waals surface area contributed by atoms with Crippen molar-refractivity contribution < 1.29 is 9.53 Å². The smallest absolute Gasteiger partial charge is 0.223 e. The van der Waals surface area contributed by atoms with Gasteiger partial charge in [-0.2, -0.15) is 0 Å². The third-order valence-corrected chi connectivity index (χ3v) is 4.93. The largest absolute Gasteiger partial charge is 0.378 e. The van der Waals surface area contributed by atoms with E-state index in [2.05, 4.69) is 36.4 Å². The lowest BCUT2D eigenvalue weighted by atomic mass is 10.0. The van der Waals surface area contributed by atoms with Crippen LogP contribution in [0.15, 0.2) is 42.5 Å². The summed E-state index contributed by atoms with van der Waals surface area (Å²) in [7, 11) is 0. The molecule has 124 valence electrons. The molecule has 0 saturated carbocycles. The summed E-state index contributed by atoms with van der Waals surface area (Å²) in [6.07, 6.45) is 10.6. The maximum Gasteiger partial charge on any atom is 0.223 e. The molecule has 1 amide bonds. The number of amides is 1. The van der Waals surface area contributed by atoms with Crippen molar-refractivity contribution >= 4 is 5.91 Å². The predicted octanol–water partition coefficient (Wildman–Crippen LogP) is 3.59. The maximum absolute atomic E-state index is 12.3. The van der Waals surface area contributed by atoms with Crippen LogP contribution in [-0.2, 0) is 16.0 Å². The normalized spacial score (nSPS) is 21.7. The number of allylic oxidation sites excluding steroid dienone is 2. The van der Waals surface area contributed by atoms with Crippen LogP contribution in [0.4, 0.5) is 0 Å². The quantitative estimate of drug-likeness (QED) is 0.751. The molecule has 1 aromatic carbocycles. The Hall–Kier alpha value is -1.61. The first-order chi connectivity index (χ1) is 11.3. The van der Waals surface area contributed by atoms with Gasteiger partial charge in [0.25, 0.3) is 0 Å². The standard InChI is InChI=1S/C20H27NO2/c22-20(16-18-8-4-5-9-18)21-13-10-19(11-14-21)23-15-12-17-6-2-1-3-7-17/h1-4,6-8,18-19H,5,9-16H2/t18-/m0/s1. The second-order valence-electron chi connectivity index (χ2n) is 6.66. The van der Waals surface area contributed by atoms with Crippen molar-refractivity contribution in [2.45, 2.75) is 44.6 Å². The topological polar surface area (TPSA) is 29.5 Å². The summed E-state index contributed by atoms with van der Waals surface area (Å²) in [4.78, 5) is 14.3. The van der Waals surface area contributed by atoms with Crippen LogP contribution in [-0.4, -0.2) is 36.6 Å². The first-order valence-electron chi connectivity index (χ1n) is 8.91. The minimum Gasteiger partial charge on any atom is -0.378 e. The minimum atomic E-state index is 0.314. The average Bonchev–Trinajstić information content (AvgIpc) is 3.09. The van der Waals surface area contributed by atoms with Gasteiger partial charge in [-0.15, -0.1) is 0 Å². The van der Waals surface area contributed by atoms with E-state index in [1.54, 1.807) is 0 Å². The van der Waals surface area contributed by atoms with Gasteiger partial charge in [-0.05, 0) is 43.6 Å². The van der Waals surface area contributed by atoms with Gasteiger partial charge in [0.2, 0.25) is 5.91 Å². The number of hydrogen-bond acceptors (Lipinski definition) is 2. The lowest BCUT2D eigenvalue weighted by Crippen LogP contribution is -2.41.